The lowest BCUT2D eigenvalue weighted by atomic mass is 10.2. The van der Waals surface area contributed by atoms with Gasteiger partial charge in [0.2, 0.25) is 10.0 Å². The molecule has 0 aliphatic rings. The van der Waals surface area contributed by atoms with Crippen molar-refractivity contribution in [3.8, 4) is 12.3 Å². The van der Waals surface area contributed by atoms with E-state index in [1.54, 1.807) is 0 Å². The molecule has 0 unspecified atom stereocenters. The summed E-state index contributed by atoms with van der Waals surface area (Å²) in [6.07, 6.45) is 6.98. The maximum Gasteiger partial charge on any atom is 0.279 e. The molecule has 0 fully saturated rings. The molecule has 6 nitrogen and oxygen atoms in total. The number of sulfonamides is 1. The number of halogens is 1. The molecule has 1 aromatic heterocycles. The van der Waals surface area contributed by atoms with Gasteiger partial charge in [0.05, 0.1) is 21.7 Å². The summed E-state index contributed by atoms with van der Waals surface area (Å²) >= 11 is 4.82. The van der Waals surface area contributed by atoms with E-state index in [1.807, 2.05) is 36.6 Å². The largest absolute Gasteiger partial charge is 0.305 e. The molecule has 0 bridgehead atoms. The first-order chi connectivity index (χ1) is 15.3. The molecule has 0 atom stereocenters. The summed E-state index contributed by atoms with van der Waals surface area (Å²) in [5.74, 6) is 2.15. The summed E-state index contributed by atoms with van der Waals surface area (Å²) in [4.78, 5) is 17.8. The van der Waals surface area contributed by atoms with E-state index in [9.17, 15) is 13.2 Å². The van der Waals surface area contributed by atoms with E-state index < -0.39 is 15.9 Å². The number of fused-ring (bicyclic) bond motifs is 1. The van der Waals surface area contributed by atoms with Crippen molar-refractivity contribution in [3.05, 3.63) is 57.3 Å². The van der Waals surface area contributed by atoms with E-state index in [0.29, 0.717) is 23.5 Å². The van der Waals surface area contributed by atoms with E-state index in [0.717, 1.165) is 27.5 Å². The number of terminal acetylenes is 1. The number of carbonyl (C=O) groups is 1. The number of thiazole rings is 1. The van der Waals surface area contributed by atoms with Crippen LogP contribution in [0.3, 0.4) is 0 Å². The Hall–Kier alpha value is -2.25. The highest BCUT2D eigenvalue weighted by molar-refractivity contribution is 9.10. The molecule has 0 aliphatic carbocycles. The second kappa shape index (κ2) is 10.6. The molecular formula is C23H24BrN3O3S2. The van der Waals surface area contributed by atoms with Gasteiger partial charge in [0.15, 0.2) is 4.80 Å². The molecular weight excluding hydrogens is 510 g/mol. The van der Waals surface area contributed by atoms with E-state index in [4.69, 9.17) is 6.42 Å². The average Bonchev–Trinajstić information content (AvgIpc) is 3.09. The quantitative estimate of drug-likeness (QED) is 0.395. The molecule has 0 aliphatic heterocycles. The minimum absolute atomic E-state index is 0.171. The topological polar surface area (TPSA) is 71.7 Å². The van der Waals surface area contributed by atoms with Crippen molar-refractivity contribution in [2.24, 2.45) is 4.99 Å². The standard InChI is InChI=1S/C23H24BrN3O3S2/c1-4-13-26(14-5-2)32(29,30)19-10-7-17(8-11-19)22(28)25-23-27(15-6-3)20-12-9-18(24)16-21(20)31-23/h3,7-12,16H,4-5,13-15H2,1-2H3. The second-order valence-electron chi connectivity index (χ2n) is 7.13. The van der Waals surface area contributed by atoms with Gasteiger partial charge in [-0.2, -0.15) is 9.30 Å². The van der Waals surface area contributed by atoms with Gasteiger partial charge in [0.25, 0.3) is 5.91 Å². The number of hydrogen-bond donors (Lipinski definition) is 0. The minimum Gasteiger partial charge on any atom is -0.305 e. The number of aromatic nitrogens is 1. The summed E-state index contributed by atoms with van der Waals surface area (Å²) in [7, 11) is -3.60. The third kappa shape index (κ3) is 5.21. The van der Waals surface area contributed by atoms with Crippen LogP contribution in [0.25, 0.3) is 10.2 Å². The van der Waals surface area contributed by atoms with Gasteiger partial charge in [0, 0.05) is 23.1 Å². The van der Waals surface area contributed by atoms with Crippen LogP contribution >= 0.6 is 27.3 Å². The number of carbonyl (C=O) groups excluding carboxylic acids is 1. The summed E-state index contributed by atoms with van der Waals surface area (Å²) in [5, 5.41) is 0. The molecule has 0 saturated heterocycles. The van der Waals surface area contributed by atoms with Crippen molar-refractivity contribution in [2.45, 2.75) is 38.1 Å². The van der Waals surface area contributed by atoms with Gasteiger partial charge in [-0.3, -0.25) is 4.79 Å². The van der Waals surface area contributed by atoms with E-state index >= 15 is 0 Å². The van der Waals surface area contributed by atoms with Crippen molar-refractivity contribution >= 4 is 53.4 Å². The predicted molar refractivity (Wildman–Crippen MR) is 132 cm³/mol. The van der Waals surface area contributed by atoms with Gasteiger partial charge in [0.1, 0.15) is 0 Å². The first kappa shape index (κ1) is 24.4. The zero-order chi connectivity index (χ0) is 23.3. The maximum absolute atomic E-state index is 12.9. The van der Waals surface area contributed by atoms with Gasteiger partial charge in [-0.05, 0) is 55.3 Å². The first-order valence-electron chi connectivity index (χ1n) is 10.2. The van der Waals surface area contributed by atoms with Crippen LogP contribution in [0.2, 0.25) is 0 Å². The van der Waals surface area contributed by atoms with Crippen LogP contribution in [0, 0.1) is 12.3 Å². The predicted octanol–water partition coefficient (Wildman–Crippen LogP) is 4.65. The van der Waals surface area contributed by atoms with Crippen LogP contribution in [0.1, 0.15) is 37.0 Å². The first-order valence-corrected chi connectivity index (χ1v) is 13.3. The fraction of sp³-hybridized carbons (Fsp3) is 0.304. The highest BCUT2D eigenvalue weighted by atomic mass is 79.9. The van der Waals surface area contributed by atoms with Crippen LogP contribution in [0.15, 0.2) is 56.8 Å². The van der Waals surface area contributed by atoms with Gasteiger partial charge in [-0.1, -0.05) is 47.0 Å². The van der Waals surface area contributed by atoms with Crippen molar-refractivity contribution in [1.29, 1.82) is 0 Å². The Morgan fingerprint density at radius 2 is 1.81 bits per heavy atom. The molecule has 1 heterocycles. The zero-order valence-corrected chi connectivity index (χ0v) is 21.1. The molecule has 0 radical (unpaired) electrons. The van der Waals surface area contributed by atoms with Crippen LogP contribution in [0.4, 0.5) is 0 Å². The Kier molecular flexibility index (Phi) is 8.06. The summed E-state index contributed by atoms with van der Waals surface area (Å²) in [6.45, 7) is 5.10. The molecule has 0 N–H and O–H groups in total. The van der Waals surface area contributed by atoms with Crippen LogP contribution in [-0.4, -0.2) is 36.3 Å². The molecule has 1 amide bonds. The molecule has 3 rings (SSSR count). The number of rotatable bonds is 8. The van der Waals surface area contributed by atoms with Crippen LogP contribution < -0.4 is 4.80 Å². The zero-order valence-electron chi connectivity index (χ0n) is 17.9. The highest BCUT2D eigenvalue weighted by Crippen LogP contribution is 2.22. The van der Waals surface area contributed by atoms with Crippen molar-refractivity contribution in [3.63, 3.8) is 0 Å². The van der Waals surface area contributed by atoms with Crippen molar-refractivity contribution in [2.75, 3.05) is 13.1 Å². The fourth-order valence-electron chi connectivity index (χ4n) is 3.30. The highest BCUT2D eigenvalue weighted by Gasteiger charge is 2.23. The van der Waals surface area contributed by atoms with Gasteiger partial charge in [-0.25, -0.2) is 8.42 Å². The Balaban J connectivity index is 1.95. The van der Waals surface area contributed by atoms with Crippen LogP contribution in [-0.2, 0) is 16.6 Å². The van der Waals surface area contributed by atoms with Gasteiger partial charge in [-0.15, -0.1) is 6.42 Å². The smallest absolute Gasteiger partial charge is 0.279 e. The fourth-order valence-corrected chi connectivity index (χ4v) is 6.50. The lowest BCUT2D eigenvalue weighted by Crippen LogP contribution is -2.32. The molecule has 168 valence electrons. The molecule has 2 aromatic carbocycles. The van der Waals surface area contributed by atoms with E-state index in [1.165, 1.54) is 39.9 Å². The third-order valence-electron chi connectivity index (χ3n) is 4.78. The lowest BCUT2D eigenvalue weighted by Gasteiger charge is -2.21. The van der Waals surface area contributed by atoms with Crippen LogP contribution in [0.5, 0.6) is 0 Å². The Morgan fingerprint density at radius 1 is 1.16 bits per heavy atom. The maximum atomic E-state index is 12.9. The number of nitrogens with zero attached hydrogens (tertiary/aromatic N) is 3. The molecule has 32 heavy (non-hydrogen) atoms. The summed E-state index contributed by atoms with van der Waals surface area (Å²) < 4.78 is 31.0. The van der Waals surface area contributed by atoms with E-state index in [-0.39, 0.29) is 11.4 Å². The molecule has 0 spiro atoms. The number of hydrogen-bond acceptors (Lipinski definition) is 4. The molecule has 3 aromatic rings. The molecule has 9 heteroatoms. The lowest BCUT2D eigenvalue weighted by molar-refractivity contribution is 0.0998. The van der Waals surface area contributed by atoms with Crippen molar-refractivity contribution in [1.82, 2.24) is 8.87 Å². The Labute approximate surface area is 200 Å². The minimum atomic E-state index is -3.60. The monoisotopic (exact) mass is 533 g/mol. The summed E-state index contributed by atoms with van der Waals surface area (Å²) in [6, 6.07) is 11.7. The third-order valence-corrected chi connectivity index (χ3v) is 8.22. The average molecular weight is 535 g/mol. The van der Waals surface area contributed by atoms with Gasteiger partial charge >= 0.3 is 0 Å². The summed E-state index contributed by atoms with van der Waals surface area (Å²) in [5.41, 5.74) is 1.21. The van der Waals surface area contributed by atoms with E-state index in [2.05, 4.69) is 26.8 Å². The Morgan fingerprint density at radius 3 is 2.41 bits per heavy atom. The Bertz CT molecular complexity index is 1330. The number of benzene rings is 2. The molecule has 0 saturated carbocycles. The number of amides is 1. The van der Waals surface area contributed by atoms with Crippen molar-refractivity contribution < 1.29 is 13.2 Å². The second-order valence-corrected chi connectivity index (χ2v) is 11.0. The SMILES string of the molecule is C#CCn1c(=NC(=O)c2ccc(S(=O)(=O)N(CCC)CCC)cc2)sc2cc(Br)ccc21. The normalized spacial score (nSPS) is 12.4. The van der Waals surface area contributed by atoms with Gasteiger partial charge < -0.3 is 4.57 Å².